The van der Waals surface area contributed by atoms with E-state index in [1.54, 1.807) is 16.7 Å². The molecule has 2 aromatic carbocycles. The van der Waals surface area contributed by atoms with Gasteiger partial charge in [0.1, 0.15) is 12.6 Å². The second-order valence-electron chi connectivity index (χ2n) is 8.84. The summed E-state index contributed by atoms with van der Waals surface area (Å²) in [5, 5.41) is 11.8. The Hall–Kier alpha value is -3.00. The van der Waals surface area contributed by atoms with Gasteiger partial charge in [0.2, 0.25) is 5.91 Å². The number of nitrogens with zero attached hydrogens (tertiary/aromatic N) is 1. The molecule has 180 valence electrons. The summed E-state index contributed by atoms with van der Waals surface area (Å²) in [5.74, 6) is -0.400. The summed E-state index contributed by atoms with van der Waals surface area (Å²) in [4.78, 5) is 38.5. The molecule has 0 saturated carbocycles. The maximum absolute atomic E-state index is 13.1. The molecule has 2 amide bonds. The Morgan fingerprint density at radius 3 is 2.38 bits per heavy atom. The van der Waals surface area contributed by atoms with E-state index < -0.39 is 18.1 Å². The van der Waals surface area contributed by atoms with Gasteiger partial charge >= 0.3 is 12.1 Å². The zero-order valence-corrected chi connectivity index (χ0v) is 20.1. The van der Waals surface area contributed by atoms with Gasteiger partial charge in [0.25, 0.3) is 0 Å². The van der Waals surface area contributed by atoms with Crippen molar-refractivity contribution in [2.45, 2.75) is 31.2 Å². The van der Waals surface area contributed by atoms with Crippen LogP contribution < -0.4 is 5.32 Å². The van der Waals surface area contributed by atoms with Crippen LogP contribution in [-0.2, 0) is 14.3 Å². The van der Waals surface area contributed by atoms with Crippen LogP contribution in [0.3, 0.4) is 0 Å². The fourth-order valence-corrected chi connectivity index (χ4v) is 5.41. The van der Waals surface area contributed by atoms with Crippen molar-refractivity contribution in [1.29, 1.82) is 0 Å². The number of carbonyl (C=O) groups is 3. The van der Waals surface area contributed by atoms with Crippen molar-refractivity contribution in [1.82, 2.24) is 10.2 Å². The molecule has 2 N–H and O–H groups in total. The van der Waals surface area contributed by atoms with Crippen LogP contribution in [0.1, 0.15) is 36.3 Å². The van der Waals surface area contributed by atoms with Crippen LogP contribution in [0.25, 0.3) is 11.1 Å². The molecule has 1 heterocycles. The first kappa shape index (κ1) is 24.1. The Labute approximate surface area is 203 Å². The minimum absolute atomic E-state index is 0.0443. The SMILES string of the molecule is CSCC[C@@H](NC(=O)OCC1c2ccccc2-c2ccccc21)C(=O)N1CCC(CC(=O)O)C1. The van der Waals surface area contributed by atoms with Gasteiger partial charge in [-0.3, -0.25) is 9.59 Å². The molecule has 0 radical (unpaired) electrons. The molecule has 7 nitrogen and oxygen atoms in total. The molecule has 0 spiro atoms. The molecule has 1 aliphatic carbocycles. The highest BCUT2D eigenvalue weighted by Crippen LogP contribution is 2.44. The third-order valence-corrected chi connectivity index (χ3v) is 7.25. The van der Waals surface area contributed by atoms with Crippen LogP contribution >= 0.6 is 11.8 Å². The van der Waals surface area contributed by atoms with Crippen LogP contribution in [-0.4, -0.2) is 65.7 Å². The number of likely N-dealkylation sites (tertiary alicyclic amines) is 1. The summed E-state index contributed by atoms with van der Waals surface area (Å²) in [5.41, 5.74) is 4.58. The lowest BCUT2D eigenvalue weighted by molar-refractivity contribution is -0.138. The summed E-state index contributed by atoms with van der Waals surface area (Å²) in [7, 11) is 0. The average molecular weight is 483 g/mol. The highest BCUT2D eigenvalue weighted by molar-refractivity contribution is 7.98. The van der Waals surface area contributed by atoms with E-state index in [-0.39, 0.29) is 30.8 Å². The second kappa shape index (κ2) is 11.0. The number of alkyl carbamates (subject to hydrolysis) is 1. The Bertz CT molecular complexity index is 1010. The summed E-state index contributed by atoms with van der Waals surface area (Å²) >= 11 is 1.60. The third-order valence-electron chi connectivity index (χ3n) is 6.61. The van der Waals surface area contributed by atoms with Gasteiger partial charge in [-0.05, 0) is 53.0 Å². The molecule has 1 saturated heterocycles. The molecule has 1 unspecified atom stereocenters. The van der Waals surface area contributed by atoms with Gasteiger partial charge in [-0.15, -0.1) is 0 Å². The number of ether oxygens (including phenoxy) is 1. The van der Waals surface area contributed by atoms with E-state index in [9.17, 15) is 14.4 Å². The van der Waals surface area contributed by atoms with Crippen LogP contribution in [0.2, 0.25) is 0 Å². The molecule has 34 heavy (non-hydrogen) atoms. The molecular weight excluding hydrogens is 452 g/mol. The molecule has 0 aromatic heterocycles. The van der Waals surface area contributed by atoms with Crippen LogP contribution in [0.15, 0.2) is 48.5 Å². The van der Waals surface area contributed by atoms with Crippen molar-refractivity contribution in [3.63, 3.8) is 0 Å². The minimum atomic E-state index is -0.852. The fourth-order valence-electron chi connectivity index (χ4n) is 4.94. The van der Waals surface area contributed by atoms with E-state index in [0.717, 1.165) is 22.3 Å². The topological polar surface area (TPSA) is 95.9 Å². The second-order valence-corrected chi connectivity index (χ2v) is 9.83. The normalized spacial score (nSPS) is 17.7. The lowest BCUT2D eigenvalue weighted by atomic mass is 9.98. The monoisotopic (exact) mass is 482 g/mol. The van der Waals surface area contributed by atoms with E-state index in [2.05, 4.69) is 29.6 Å². The lowest BCUT2D eigenvalue weighted by Gasteiger charge is -2.24. The average Bonchev–Trinajstić information content (AvgIpc) is 3.42. The largest absolute Gasteiger partial charge is 0.481 e. The van der Waals surface area contributed by atoms with Crippen molar-refractivity contribution in [2.24, 2.45) is 5.92 Å². The van der Waals surface area contributed by atoms with Gasteiger partial charge in [0, 0.05) is 25.4 Å². The number of hydrogen-bond acceptors (Lipinski definition) is 5. The Morgan fingerprint density at radius 2 is 1.76 bits per heavy atom. The van der Waals surface area contributed by atoms with E-state index in [0.29, 0.717) is 31.7 Å². The standard InChI is InChI=1S/C26H30N2O5S/c1-34-13-11-23(25(31)28-12-10-17(15-28)14-24(29)30)27-26(32)33-16-22-20-8-4-2-6-18(20)19-7-3-5-9-21(19)22/h2-9,17,22-23H,10-16H2,1H3,(H,27,32)(H,29,30)/t17?,23-/m1/s1. The molecule has 2 atom stereocenters. The number of benzene rings is 2. The van der Waals surface area contributed by atoms with E-state index in [1.165, 1.54) is 0 Å². The summed E-state index contributed by atoms with van der Waals surface area (Å²) < 4.78 is 5.63. The molecule has 0 bridgehead atoms. The van der Waals surface area contributed by atoms with Crippen molar-refractivity contribution in [2.75, 3.05) is 31.7 Å². The number of amides is 2. The van der Waals surface area contributed by atoms with Crippen LogP contribution in [0.5, 0.6) is 0 Å². The molecule has 2 aliphatic rings. The van der Waals surface area contributed by atoms with Gasteiger partial charge in [0.05, 0.1) is 0 Å². The molecular formula is C26H30N2O5S. The van der Waals surface area contributed by atoms with Crippen LogP contribution in [0, 0.1) is 5.92 Å². The molecule has 8 heteroatoms. The van der Waals surface area contributed by atoms with Gasteiger partial charge in [0.15, 0.2) is 0 Å². The van der Waals surface area contributed by atoms with E-state index >= 15 is 0 Å². The number of fused-ring (bicyclic) bond motifs is 3. The van der Waals surface area contributed by atoms with Crippen molar-refractivity contribution in [3.05, 3.63) is 59.7 Å². The predicted octanol–water partition coefficient (Wildman–Crippen LogP) is 3.97. The van der Waals surface area contributed by atoms with E-state index in [4.69, 9.17) is 9.84 Å². The number of aliphatic carboxylic acids is 1. The summed E-state index contributed by atoms with van der Waals surface area (Å²) in [6.45, 7) is 1.11. The van der Waals surface area contributed by atoms with Gasteiger partial charge in [-0.1, -0.05) is 48.5 Å². The number of carboxylic acids is 1. The highest BCUT2D eigenvalue weighted by Gasteiger charge is 2.33. The van der Waals surface area contributed by atoms with Gasteiger partial charge in [-0.25, -0.2) is 4.79 Å². The quantitative estimate of drug-likeness (QED) is 0.562. The maximum atomic E-state index is 13.1. The zero-order valence-electron chi connectivity index (χ0n) is 19.2. The van der Waals surface area contributed by atoms with Crippen molar-refractivity contribution in [3.8, 4) is 11.1 Å². The number of thioether (sulfide) groups is 1. The lowest BCUT2D eigenvalue weighted by Crippen LogP contribution is -2.48. The highest BCUT2D eigenvalue weighted by atomic mass is 32.2. The van der Waals surface area contributed by atoms with Crippen LogP contribution in [0.4, 0.5) is 4.79 Å². The Kier molecular flexibility index (Phi) is 7.77. The zero-order chi connectivity index (χ0) is 24.1. The van der Waals surface area contributed by atoms with E-state index in [1.807, 2.05) is 30.5 Å². The first-order chi connectivity index (χ1) is 16.5. The van der Waals surface area contributed by atoms with Gasteiger partial charge in [-0.2, -0.15) is 11.8 Å². The maximum Gasteiger partial charge on any atom is 0.407 e. The Morgan fingerprint density at radius 1 is 1.12 bits per heavy atom. The minimum Gasteiger partial charge on any atom is -0.481 e. The molecule has 2 aromatic rings. The Balaban J connectivity index is 1.38. The first-order valence-electron chi connectivity index (χ1n) is 11.6. The van der Waals surface area contributed by atoms with Gasteiger partial charge < -0.3 is 20.1 Å². The third kappa shape index (κ3) is 5.38. The predicted molar refractivity (Wildman–Crippen MR) is 132 cm³/mol. The molecule has 1 fully saturated rings. The number of carbonyl (C=O) groups excluding carboxylic acids is 2. The summed E-state index contributed by atoms with van der Waals surface area (Å²) in [6, 6.07) is 15.6. The first-order valence-corrected chi connectivity index (χ1v) is 13.0. The number of hydrogen-bond donors (Lipinski definition) is 2. The molecule has 4 rings (SSSR count). The number of rotatable bonds is 9. The number of carboxylic acid groups (broad SMARTS) is 1. The van der Waals surface area contributed by atoms with Crippen molar-refractivity contribution >= 4 is 29.7 Å². The summed E-state index contributed by atoms with van der Waals surface area (Å²) in [6.07, 6.45) is 2.55. The number of nitrogens with one attached hydrogen (secondary N) is 1. The smallest absolute Gasteiger partial charge is 0.407 e. The molecule has 1 aliphatic heterocycles. The fraction of sp³-hybridized carbons (Fsp3) is 0.423. The van der Waals surface area contributed by atoms with Crippen molar-refractivity contribution < 1.29 is 24.2 Å².